The quantitative estimate of drug-likeness (QED) is 0.663. The molecule has 2 aromatic rings. The van der Waals surface area contributed by atoms with Gasteiger partial charge >= 0.3 is 6.09 Å². The summed E-state index contributed by atoms with van der Waals surface area (Å²) in [5.74, 6) is 0. The SMILES string of the molecule is COC1OC[C@H](NC(=O)OC(C)(C)C)[C@H](OCc2ccccc2)[C@H]1OCc1ccccc1. The first-order valence-corrected chi connectivity index (χ1v) is 10.8. The maximum absolute atomic E-state index is 12.5. The van der Waals surface area contributed by atoms with Gasteiger partial charge in [-0.1, -0.05) is 60.7 Å². The van der Waals surface area contributed by atoms with Crippen molar-refractivity contribution < 1.29 is 28.5 Å². The third-order valence-electron chi connectivity index (χ3n) is 4.93. The number of amides is 1. The lowest BCUT2D eigenvalue weighted by atomic mass is 10.0. The molecule has 1 saturated heterocycles. The van der Waals surface area contributed by atoms with Crippen molar-refractivity contribution in [3.63, 3.8) is 0 Å². The zero-order valence-corrected chi connectivity index (χ0v) is 19.2. The number of benzene rings is 2. The fraction of sp³-hybridized carbons (Fsp3) is 0.480. The molecule has 1 amide bonds. The summed E-state index contributed by atoms with van der Waals surface area (Å²) >= 11 is 0. The Balaban J connectivity index is 1.76. The Bertz CT molecular complexity index is 823. The predicted octanol–water partition coefficient (Wildman–Crippen LogP) is 4.05. The lowest BCUT2D eigenvalue weighted by Crippen LogP contribution is -2.61. The molecule has 174 valence electrons. The van der Waals surface area contributed by atoms with Crippen LogP contribution < -0.4 is 5.32 Å². The molecular formula is C25H33NO6. The van der Waals surface area contributed by atoms with Crippen molar-refractivity contribution in [3.05, 3.63) is 71.8 Å². The van der Waals surface area contributed by atoms with Crippen LogP contribution in [0.5, 0.6) is 0 Å². The van der Waals surface area contributed by atoms with E-state index in [1.807, 2.05) is 81.4 Å². The van der Waals surface area contributed by atoms with Crippen molar-refractivity contribution in [2.75, 3.05) is 13.7 Å². The molecule has 1 N–H and O–H groups in total. The van der Waals surface area contributed by atoms with Crippen LogP contribution in [0, 0.1) is 0 Å². The van der Waals surface area contributed by atoms with Gasteiger partial charge in [-0.15, -0.1) is 0 Å². The van der Waals surface area contributed by atoms with Crippen LogP contribution in [0.4, 0.5) is 4.79 Å². The Morgan fingerprint density at radius 1 is 0.938 bits per heavy atom. The Hall–Kier alpha value is -2.45. The van der Waals surface area contributed by atoms with Crippen LogP contribution in [0.2, 0.25) is 0 Å². The number of hydrogen-bond acceptors (Lipinski definition) is 6. The maximum atomic E-state index is 12.5. The van der Waals surface area contributed by atoms with Crippen LogP contribution in [-0.4, -0.2) is 50.0 Å². The van der Waals surface area contributed by atoms with Gasteiger partial charge in [-0.25, -0.2) is 4.79 Å². The highest BCUT2D eigenvalue weighted by Crippen LogP contribution is 2.25. The molecule has 0 spiro atoms. The number of carbonyl (C=O) groups excluding carboxylic acids is 1. The van der Waals surface area contributed by atoms with Gasteiger partial charge in [0.05, 0.1) is 25.9 Å². The molecule has 3 rings (SSSR count). The lowest BCUT2D eigenvalue weighted by Gasteiger charge is -2.41. The number of rotatable bonds is 8. The number of hydrogen-bond donors (Lipinski definition) is 1. The third-order valence-corrected chi connectivity index (χ3v) is 4.93. The molecule has 1 aliphatic rings. The highest BCUT2D eigenvalue weighted by atomic mass is 16.7. The van der Waals surface area contributed by atoms with Gasteiger partial charge in [0, 0.05) is 7.11 Å². The monoisotopic (exact) mass is 443 g/mol. The highest BCUT2D eigenvalue weighted by molar-refractivity contribution is 5.68. The summed E-state index contributed by atoms with van der Waals surface area (Å²) in [6.07, 6.45) is -2.23. The molecule has 0 bridgehead atoms. The van der Waals surface area contributed by atoms with Crippen molar-refractivity contribution >= 4 is 6.09 Å². The van der Waals surface area contributed by atoms with E-state index in [-0.39, 0.29) is 6.61 Å². The van der Waals surface area contributed by atoms with E-state index in [4.69, 9.17) is 23.7 Å². The van der Waals surface area contributed by atoms with E-state index in [9.17, 15) is 4.79 Å². The fourth-order valence-electron chi connectivity index (χ4n) is 3.47. The average Bonchev–Trinajstić information content (AvgIpc) is 2.77. The normalized spacial score (nSPS) is 23.5. The van der Waals surface area contributed by atoms with Crippen molar-refractivity contribution in [1.82, 2.24) is 5.32 Å². The van der Waals surface area contributed by atoms with E-state index in [1.165, 1.54) is 0 Å². The number of carbonyl (C=O) groups is 1. The molecule has 0 aromatic heterocycles. The van der Waals surface area contributed by atoms with Crippen LogP contribution >= 0.6 is 0 Å². The summed E-state index contributed by atoms with van der Waals surface area (Å²) < 4.78 is 29.3. The van der Waals surface area contributed by atoms with Gasteiger partial charge in [-0.3, -0.25) is 0 Å². The molecule has 0 saturated carbocycles. The van der Waals surface area contributed by atoms with E-state index in [1.54, 1.807) is 7.11 Å². The van der Waals surface area contributed by atoms with Crippen molar-refractivity contribution in [3.8, 4) is 0 Å². The van der Waals surface area contributed by atoms with Gasteiger partial charge in [0.2, 0.25) is 0 Å². The standard InChI is InChI=1S/C25H33NO6/c1-25(2,3)32-24(27)26-20-17-31-23(28-4)22(30-16-19-13-9-6-10-14-19)21(20)29-15-18-11-7-5-8-12-18/h5-14,20-23H,15-17H2,1-4H3,(H,26,27)/t20-,21-,22+,23?/m0/s1. The number of nitrogens with one attached hydrogen (secondary N) is 1. The van der Waals surface area contributed by atoms with Gasteiger partial charge in [0.15, 0.2) is 6.29 Å². The first kappa shape index (κ1) is 24.2. The largest absolute Gasteiger partial charge is 0.444 e. The van der Waals surface area contributed by atoms with Crippen molar-refractivity contribution in [2.45, 2.75) is 64.1 Å². The molecule has 7 heteroatoms. The minimum Gasteiger partial charge on any atom is -0.444 e. The van der Waals surface area contributed by atoms with Crippen LogP contribution in [-0.2, 0) is 36.9 Å². The van der Waals surface area contributed by atoms with E-state index in [0.29, 0.717) is 13.2 Å². The second-order valence-corrected chi connectivity index (χ2v) is 8.71. The number of alkyl carbamates (subject to hydrolysis) is 1. The predicted molar refractivity (Wildman–Crippen MR) is 120 cm³/mol. The molecule has 0 aliphatic carbocycles. The molecule has 1 fully saturated rings. The van der Waals surface area contributed by atoms with Gasteiger partial charge < -0.3 is 29.0 Å². The minimum atomic E-state index is -0.629. The van der Waals surface area contributed by atoms with Gasteiger partial charge in [-0.05, 0) is 31.9 Å². The topological polar surface area (TPSA) is 75.3 Å². The summed E-state index contributed by atoms with van der Waals surface area (Å²) in [6.45, 7) is 6.39. The fourth-order valence-corrected chi connectivity index (χ4v) is 3.47. The molecule has 2 aromatic carbocycles. The first-order valence-electron chi connectivity index (χ1n) is 10.8. The zero-order valence-electron chi connectivity index (χ0n) is 19.2. The second-order valence-electron chi connectivity index (χ2n) is 8.71. The first-order chi connectivity index (χ1) is 15.4. The Kier molecular flexibility index (Phi) is 8.64. The highest BCUT2D eigenvalue weighted by Gasteiger charge is 2.43. The smallest absolute Gasteiger partial charge is 0.408 e. The molecular weight excluding hydrogens is 410 g/mol. The molecule has 32 heavy (non-hydrogen) atoms. The Morgan fingerprint density at radius 3 is 1.97 bits per heavy atom. The lowest BCUT2D eigenvalue weighted by molar-refractivity contribution is -0.266. The average molecular weight is 444 g/mol. The summed E-state index contributed by atoms with van der Waals surface area (Å²) in [6, 6.07) is 19.2. The number of methoxy groups -OCH3 is 1. The Labute approximate surface area is 190 Å². The number of ether oxygens (including phenoxy) is 5. The molecule has 4 atom stereocenters. The molecule has 7 nitrogen and oxygen atoms in total. The van der Waals surface area contributed by atoms with Crippen LogP contribution in [0.1, 0.15) is 31.9 Å². The summed E-state index contributed by atoms with van der Waals surface area (Å²) in [5, 5.41) is 2.89. The van der Waals surface area contributed by atoms with Crippen molar-refractivity contribution in [1.29, 1.82) is 0 Å². The van der Waals surface area contributed by atoms with E-state index < -0.39 is 36.2 Å². The third kappa shape index (κ3) is 7.31. The summed E-state index contributed by atoms with van der Waals surface area (Å²) in [7, 11) is 1.57. The Morgan fingerprint density at radius 2 is 1.47 bits per heavy atom. The van der Waals surface area contributed by atoms with E-state index >= 15 is 0 Å². The van der Waals surface area contributed by atoms with Gasteiger partial charge in [-0.2, -0.15) is 0 Å². The molecule has 1 aliphatic heterocycles. The van der Waals surface area contributed by atoms with Crippen LogP contribution in [0.15, 0.2) is 60.7 Å². The maximum Gasteiger partial charge on any atom is 0.408 e. The summed E-state index contributed by atoms with van der Waals surface area (Å²) in [5.41, 5.74) is 1.43. The molecule has 1 unspecified atom stereocenters. The van der Waals surface area contributed by atoms with Crippen molar-refractivity contribution in [2.24, 2.45) is 0 Å². The van der Waals surface area contributed by atoms with Gasteiger partial charge in [0.25, 0.3) is 0 Å². The van der Waals surface area contributed by atoms with Crippen LogP contribution in [0.25, 0.3) is 0 Å². The minimum absolute atomic E-state index is 0.211. The zero-order chi connectivity index (χ0) is 23.0. The van der Waals surface area contributed by atoms with Gasteiger partial charge in [0.1, 0.15) is 17.8 Å². The molecule has 1 heterocycles. The molecule has 0 radical (unpaired) electrons. The summed E-state index contributed by atoms with van der Waals surface area (Å²) in [4.78, 5) is 12.5. The van der Waals surface area contributed by atoms with E-state index in [0.717, 1.165) is 11.1 Å². The van der Waals surface area contributed by atoms with E-state index in [2.05, 4.69) is 5.32 Å². The van der Waals surface area contributed by atoms with Crippen LogP contribution in [0.3, 0.4) is 0 Å². The second kappa shape index (κ2) is 11.4.